The van der Waals surface area contributed by atoms with Crippen molar-refractivity contribution in [3.05, 3.63) is 77.6 Å². The van der Waals surface area contributed by atoms with Crippen molar-refractivity contribution in [3.63, 3.8) is 0 Å². The smallest absolute Gasteiger partial charge is 0.274 e. The predicted molar refractivity (Wildman–Crippen MR) is 115 cm³/mol. The number of pyridine rings is 1. The molecule has 150 valence electrons. The number of hydrogen-bond acceptors (Lipinski definition) is 5. The summed E-state index contributed by atoms with van der Waals surface area (Å²) < 4.78 is 10.6. The molecule has 2 N–H and O–H groups in total. The van der Waals surface area contributed by atoms with Crippen LogP contribution in [0.1, 0.15) is 28.5 Å². The Hall–Kier alpha value is -3.54. The number of amides is 1. The summed E-state index contributed by atoms with van der Waals surface area (Å²) in [6, 6.07) is 17.1. The van der Waals surface area contributed by atoms with Crippen LogP contribution in [0.5, 0.6) is 11.5 Å². The van der Waals surface area contributed by atoms with Gasteiger partial charge in [-0.05, 0) is 53.9 Å². The second kappa shape index (κ2) is 9.59. The maximum atomic E-state index is 12.4. The molecule has 2 aromatic carbocycles. The number of ether oxygens (including phenoxy) is 2. The first-order valence-electron chi connectivity index (χ1n) is 9.44. The molecule has 6 heteroatoms. The fourth-order valence-corrected chi connectivity index (χ4v) is 2.85. The predicted octanol–water partition coefficient (Wildman–Crippen LogP) is 4.53. The molecule has 0 atom stereocenters. The van der Waals surface area contributed by atoms with E-state index in [4.69, 9.17) is 9.47 Å². The highest BCUT2D eigenvalue weighted by atomic mass is 16.5. The van der Waals surface area contributed by atoms with Gasteiger partial charge in [0.15, 0.2) is 11.5 Å². The quantitative estimate of drug-likeness (QED) is 0.590. The van der Waals surface area contributed by atoms with Crippen molar-refractivity contribution in [2.45, 2.75) is 19.9 Å². The van der Waals surface area contributed by atoms with E-state index < -0.39 is 0 Å². The topological polar surface area (TPSA) is 72.5 Å². The van der Waals surface area contributed by atoms with Gasteiger partial charge in [-0.25, -0.2) is 4.98 Å². The number of nitrogens with zero attached hydrogens (tertiary/aromatic N) is 1. The van der Waals surface area contributed by atoms with Crippen molar-refractivity contribution in [2.24, 2.45) is 0 Å². The van der Waals surface area contributed by atoms with E-state index in [-0.39, 0.29) is 5.91 Å². The van der Waals surface area contributed by atoms with Crippen molar-refractivity contribution in [2.75, 3.05) is 24.9 Å². The van der Waals surface area contributed by atoms with Gasteiger partial charge in [0.25, 0.3) is 5.91 Å². The summed E-state index contributed by atoms with van der Waals surface area (Å²) in [5.74, 6) is 1.14. The maximum absolute atomic E-state index is 12.4. The van der Waals surface area contributed by atoms with Crippen LogP contribution in [-0.2, 0) is 13.0 Å². The number of hydrogen-bond donors (Lipinski definition) is 2. The van der Waals surface area contributed by atoms with Crippen LogP contribution in [0.4, 0.5) is 11.4 Å². The highest BCUT2D eigenvalue weighted by Crippen LogP contribution is 2.27. The molecule has 3 rings (SSSR count). The van der Waals surface area contributed by atoms with Gasteiger partial charge in [0.2, 0.25) is 0 Å². The van der Waals surface area contributed by atoms with Gasteiger partial charge in [-0.2, -0.15) is 0 Å². The van der Waals surface area contributed by atoms with E-state index in [2.05, 4.69) is 22.5 Å². The highest BCUT2D eigenvalue weighted by Gasteiger charge is 2.08. The van der Waals surface area contributed by atoms with Gasteiger partial charge in [-0.3, -0.25) is 4.79 Å². The minimum absolute atomic E-state index is 0.235. The number of carbonyl (C=O) groups excluding carboxylic acids is 1. The fourth-order valence-electron chi connectivity index (χ4n) is 2.85. The number of nitrogens with one attached hydrogen (secondary N) is 2. The third kappa shape index (κ3) is 5.25. The van der Waals surface area contributed by atoms with Crippen molar-refractivity contribution in [1.29, 1.82) is 0 Å². The second-order valence-corrected chi connectivity index (χ2v) is 6.48. The largest absolute Gasteiger partial charge is 0.493 e. The van der Waals surface area contributed by atoms with Gasteiger partial charge in [-0.15, -0.1) is 0 Å². The molecule has 1 heterocycles. The Morgan fingerprint density at radius 2 is 1.59 bits per heavy atom. The van der Waals surface area contributed by atoms with Gasteiger partial charge < -0.3 is 20.1 Å². The van der Waals surface area contributed by atoms with Crippen LogP contribution in [-0.4, -0.2) is 25.1 Å². The van der Waals surface area contributed by atoms with Gasteiger partial charge in [0.05, 0.1) is 26.1 Å². The summed E-state index contributed by atoms with van der Waals surface area (Å²) in [7, 11) is 3.22. The van der Waals surface area contributed by atoms with Crippen LogP contribution in [0, 0.1) is 0 Å². The van der Waals surface area contributed by atoms with Crippen LogP contribution in [0.2, 0.25) is 0 Å². The maximum Gasteiger partial charge on any atom is 0.274 e. The van der Waals surface area contributed by atoms with Crippen molar-refractivity contribution >= 4 is 17.3 Å². The molecule has 0 radical (unpaired) electrons. The number of carbonyl (C=O) groups is 1. The number of methoxy groups -OCH3 is 2. The van der Waals surface area contributed by atoms with Gasteiger partial charge in [-0.1, -0.05) is 25.1 Å². The summed E-state index contributed by atoms with van der Waals surface area (Å²) in [5.41, 5.74) is 4.21. The first kappa shape index (κ1) is 20.2. The zero-order valence-electron chi connectivity index (χ0n) is 16.9. The van der Waals surface area contributed by atoms with Crippen molar-refractivity contribution < 1.29 is 14.3 Å². The molecular formula is C23H25N3O3. The van der Waals surface area contributed by atoms with E-state index in [1.807, 2.05) is 48.5 Å². The molecule has 0 bridgehead atoms. The molecule has 3 aromatic rings. The molecule has 0 aliphatic rings. The number of benzene rings is 2. The Balaban J connectivity index is 1.58. The van der Waals surface area contributed by atoms with Crippen molar-refractivity contribution in [3.8, 4) is 11.5 Å². The molecule has 1 aromatic heterocycles. The molecule has 1 amide bonds. The molecule has 6 nitrogen and oxygen atoms in total. The minimum Gasteiger partial charge on any atom is -0.493 e. The molecule has 0 aliphatic heterocycles. The fraction of sp³-hybridized carbons (Fsp3) is 0.217. The third-order valence-corrected chi connectivity index (χ3v) is 4.56. The van der Waals surface area contributed by atoms with E-state index in [9.17, 15) is 4.79 Å². The lowest BCUT2D eigenvalue weighted by Gasteiger charge is -2.11. The Morgan fingerprint density at radius 1 is 0.897 bits per heavy atom. The molecule has 0 unspecified atom stereocenters. The molecule has 0 aliphatic carbocycles. The van der Waals surface area contributed by atoms with Crippen LogP contribution < -0.4 is 20.1 Å². The average molecular weight is 391 g/mol. The van der Waals surface area contributed by atoms with E-state index in [0.717, 1.165) is 23.4 Å². The number of aromatic nitrogens is 1. The average Bonchev–Trinajstić information content (AvgIpc) is 2.78. The summed E-state index contributed by atoms with van der Waals surface area (Å²) in [4.78, 5) is 16.6. The van der Waals surface area contributed by atoms with E-state index >= 15 is 0 Å². The summed E-state index contributed by atoms with van der Waals surface area (Å²) in [6.45, 7) is 2.69. The third-order valence-electron chi connectivity index (χ3n) is 4.56. The van der Waals surface area contributed by atoms with E-state index in [1.165, 1.54) is 5.56 Å². The minimum atomic E-state index is -0.235. The van der Waals surface area contributed by atoms with Crippen LogP contribution >= 0.6 is 0 Å². The van der Waals surface area contributed by atoms with Crippen LogP contribution in [0.15, 0.2) is 60.8 Å². The Labute approximate surface area is 170 Å². The number of rotatable bonds is 8. The standard InChI is InChI=1S/C23H25N3O3/c1-4-16-5-8-18(9-6-16)26-23(27)20-11-10-19(15-25-20)24-14-17-7-12-21(28-2)22(13-17)29-3/h5-13,15,24H,4,14H2,1-3H3,(H,26,27). The van der Waals surface area contributed by atoms with E-state index in [1.54, 1.807) is 26.5 Å². The molecule has 29 heavy (non-hydrogen) atoms. The first-order valence-corrected chi connectivity index (χ1v) is 9.44. The van der Waals surface area contributed by atoms with E-state index in [0.29, 0.717) is 23.7 Å². The zero-order valence-corrected chi connectivity index (χ0v) is 16.9. The molecular weight excluding hydrogens is 366 g/mol. The lowest BCUT2D eigenvalue weighted by Crippen LogP contribution is -2.13. The molecule has 0 spiro atoms. The lowest BCUT2D eigenvalue weighted by molar-refractivity contribution is 0.102. The molecule has 0 fully saturated rings. The monoisotopic (exact) mass is 391 g/mol. The summed E-state index contributed by atoms with van der Waals surface area (Å²) >= 11 is 0. The highest BCUT2D eigenvalue weighted by molar-refractivity contribution is 6.02. The van der Waals surface area contributed by atoms with Crippen LogP contribution in [0.25, 0.3) is 0 Å². The normalized spacial score (nSPS) is 10.3. The Bertz CT molecular complexity index is 954. The molecule has 0 saturated carbocycles. The summed E-state index contributed by atoms with van der Waals surface area (Å²) in [6.07, 6.45) is 2.61. The first-order chi connectivity index (χ1) is 14.1. The lowest BCUT2D eigenvalue weighted by atomic mass is 10.1. The molecule has 0 saturated heterocycles. The van der Waals surface area contributed by atoms with Gasteiger partial charge >= 0.3 is 0 Å². The summed E-state index contributed by atoms with van der Waals surface area (Å²) in [5, 5.41) is 6.15. The number of anilines is 2. The van der Waals surface area contributed by atoms with Crippen LogP contribution in [0.3, 0.4) is 0 Å². The Morgan fingerprint density at radius 3 is 2.21 bits per heavy atom. The van der Waals surface area contributed by atoms with Gasteiger partial charge in [0, 0.05) is 12.2 Å². The van der Waals surface area contributed by atoms with Crippen molar-refractivity contribution in [1.82, 2.24) is 4.98 Å². The SMILES string of the molecule is CCc1ccc(NC(=O)c2ccc(NCc3ccc(OC)c(OC)c3)cn2)cc1. The second-order valence-electron chi connectivity index (χ2n) is 6.48. The van der Waals surface area contributed by atoms with Gasteiger partial charge in [0.1, 0.15) is 5.69 Å². The zero-order chi connectivity index (χ0) is 20.6. The number of aryl methyl sites for hydroxylation is 1. The Kier molecular flexibility index (Phi) is 6.68.